The molecule has 1 radical (unpaired) electrons. The van der Waals surface area contributed by atoms with Gasteiger partial charge in [-0.1, -0.05) is 0 Å². The number of carboxylic acids is 1. The van der Waals surface area contributed by atoms with E-state index < -0.39 is 12.1 Å². The van der Waals surface area contributed by atoms with Crippen LogP contribution >= 0.6 is 0 Å². The number of carbonyl (C=O) groups is 1. The van der Waals surface area contributed by atoms with Crippen molar-refractivity contribution in [2.24, 2.45) is 5.73 Å². The highest BCUT2D eigenvalue weighted by molar-refractivity contribution is 5.71. The first kappa shape index (κ1) is 6.39. The zero-order valence-electron chi connectivity index (χ0n) is 3.63. The van der Waals surface area contributed by atoms with Crippen LogP contribution in [0.4, 0.5) is 0 Å². The SMILES string of the molecule is NCC([O])C(=O)O. The highest BCUT2D eigenvalue weighted by Crippen LogP contribution is 1.75. The van der Waals surface area contributed by atoms with Gasteiger partial charge in [0.05, 0.1) is 0 Å². The van der Waals surface area contributed by atoms with Crippen LogP contribution in [0, 0.1) is 0 Å². The van der Waals surface area contributed by atoms with Crippen molar-refractivity contribution >= 4 is 5.97 Å². The van der Waals surface area contributed by atoms with Gasteiger partial charge in [-0.05, 0) is 0 Å². The van der Waals surface area contributed by atoms with Gasteiger partial charge in [0, 0.05) is 6.54 Å². The smallest absolute Gasteiger partial charge is 0.337 e. The lowest BCUT2D eigenvalue weighted by Gasteiger charge is -1.92. The molecule has 0 aromatic rings. The maximum atomic E-state index is 9.87. The van der Waals surface area contributed by atoms with Crippen LogP contribution in [-0.4, -0.2) is 23.7 Å². The molecule has 0 saturated heterocycles. The standard InChI is InChI=1S/C3H6NO3/c4-1-2(5)3(6)7/h2H,1,4H2,(H,6,7). The lowest BCUT2D eigenvalue weighted by molar-refractivity contribution is -0.149. The molecule has 4 heteroatoms. The summed E-state index contributed by atoms with van der Waals surface area (Å²) < 4.78 is 0. The van der Waals surface area contributed by atoms with Gasteiger partial charge in [0.25, 0.3) is 0 Å². The minimum Gasteiger partial charge on any atom is -0.479 e. The van der Waals surface area contributed by atoms with E-state index in [1.54, 1.807) is 0 Å². The summed E-state index contributed by atoms with van der Waals surface area (Å²) in [4.78, 5) is 9.54. The Labute approximate surface area is 40.6 Å². The second kappa shape index (κ2) is 2.54. The number of hydrogen-bond donors (Lipinski definition) is 2. The van der Waals surface area contributed by atoms with E-state index in [0.717, 1.165) is 0 Å². The van der Waals surface area contributed by atoms with Crippen LogP contribution in [-0.2, 0) is 9.90 Å². The van der Waals surface area contributed by atoms with E-state index >= 15 is 0 Å². The van der Waals surface area contributed by atoms with E-state index in [0.29, 0.717) is 0 Å². The van der Waals surface area contributed by atoms with E-state index in [4.69, 9.17) is 5.11 Å². The summed E-state index contributed by atoms with van der Waals surface area (Å²) in [6, 6.07) is 0. The maximum Gasteiger partial charge on any atom is 0.337 e. The van der Waals surface area contributed by atoms with Crippen LogP contribution in [0.25, 0.3) is 0 Å². The van der Waals surface area contributed by atoms with Crippen LogP contribution in [0.1, 0.15) is 0 Å². The van der Waals surface area contributed by atoms with Crippen LogP contribution in [0.3, 0.4) is 0 Å². The summed E-state index contributed by atoms with van der Waals surface area (Å²) in [6.45, 7) is -0.338. The molecule has 0 spiro atoms. The van der Waals surface area contributed by atoms with Gasteiger partial charge in [0.15, 0.2) is 0 Å². The second-order valence-corrected chi connectivity index (χ2v) is 1.06. The number of nitrogens with two attached hydrogens (primary N) is 1. The molecule has 0 aromatic heterocycles. The summed E-state index contributed by atoms with van der Waals surface area (Å²) in [5.41, 5.74) is 4.68. The molecule has 0 rings (SSSR count). The van der Waals surface area contributed by atoms with Crippen molar-refractivity contribution in [2.45, 2.75) is 6.10 Å². The van der Waals surface area contributed by atoms with Gasteiger partial charge >= 0.3 is 5.97 Å². The van der Waals surface area contributed by atoms with Crippen molar-refractivity contribution in [1.82, 2.24) is 0 Å². The Morgan fingerprint density at radius 2 is 2.29 bits per heavy atom. The topological polar surface area (TPSA) is 83.2 Å². The minimum absolute atomic E-state index is 0.338. The van der Waals surface area contributed by atoms with Gasteiger partial charge < -0.3 is 10.8 Å². The first-order valence-corrected chi connectivity index (χ1v) is 1.77. The summed E-state index contributed by atoms with van der Waals surface area (Å²) in [5, 5.41) is 17.7. The van der Waals surface area contributed by atoms with E-state index in [1.165, 1.54) is 0 Å². The molecule has 4 nitrogen and oxygen atoms in total. The highest BCUT2D eigenvalue weighted by Gasteiger charge is 2.10. The maximum absolute atomic E-state index is 9.87. The van der Waals surface area contributed by atoms with Crippen molar-refractivity contribution < 1.29 is 15.0 Å². The predicted octanol–water partition coefficient (Wildman–Crippen LogP) is -1.17. The Balaban J connectivity index is 3.34. The van der Waals surface area contributed by atoms with Crippen LogP contribution in [0.15, 0.2) is 0 Å². The van der Waals surface area contributed by atoms with Gasteiger partial charge in [0.2, 0.25) is 6.10 Å². The van der Waals surface area contributed by atoms with Crippen LogP contribution in [0.5, 0.6) is 0 Å². The zero-order valence-corrected chi connectivity index (χ0v) is 3.63. The van der Waals surface area contributed by atoms with Crippen molar-refractivity contribution in [3.8, 4) is 0 Å². The molecular weight excluding hydrogens is 98.0 g/mol. The monoisotopic (exact) mass is 104 g/mol. The third-order valence-corrected chi connectivity index (χ3v) is 0.490. The molecule has 7 heavy (non-hydrogen) atoms. The molecule has 0 heterocycles. The normalized spacial score (nSPS) is 13.4. The molecule has 1 unspecified atom stereocenters. The quantitative estimate of drug-likeness (QED) is 0.463. The minimum atomic E-state index is -1.65. The number of aliphatic carboxylic acids is 1. The number of carboxylic acid groups (broad SMARTS) is 1. The number of rotatable bonds is 2. The fourth-order valence-electron chi connectivity index (χ4n) is 0.101. The first-order valence-electron chi connectivity index (χ1n) is 1.77. The third kappa shape index (κ3) is 2.13. The lowest BCUT2D eigenvalue weighted by Crippen LogP contribution is -2.27. The van der Waals surface area contributed by atoms with E-state index in [-0.39, 0.29) is 6.54 Å². The molecule has 0 aliphatic carbocycles. The molecule has 0 aliphatic heterocycles. The summed E-state index contributed by atoms with van der Waals surface area (Å²) in [7, 11) is 0. The Kier molecular flexibility index (Phi) is 2.32. The van der Waals surface area contributed by atoms with Crippen molar-refractivity contribution in [1.29, 1.82) is 0 Å². The van der Waals surface area contributed by atoms with Gasteiger partial charge in [0.1, 0.15) is 0 Å². The molecule has 1 atom stereocenters. The predicted molar refractivity (Wildman–Crippen MR) is 21.2 cm³/mol. The molecule has 0 aliphatic rings. The van der Waals surface area contributed by atoms with Crippen LogP contribution < -0.4 is 5.73 Å². The molecule has 0 fully saturated rings. The molecule has 0 amide bonds. The molecule has 0 bridgehead atoms. The Hall–Kier alpha value is -0.610. The highest BCUT2D eigenvalue weighted by atomic mass is 16.4. The second-order valence-electron chi connectivity index (χ2n) is 1.06. The van der Waals surface area contributed by atoms with Gasteiger partial charge in [-0.15, -0.1) is 0 Å². The fraction of sp³-hybridized carbons (Fsp3) is 0.667. The van der Waals surface area contributed by atoms with E-state index in [9.17, 15) is 9.90 Å². The summed E-state index contributed by atoms with van der Waals surface area (Å²) in [6.07, 6.45) is -1.65. The molecule has 0 aromatic carbocycles. The summed E-state index contributed by atoms with van der Waals surface area (Å²) in [5.74, 6) is -1.39. The lowest BCUT2D eigenvalue weighted by atomic mass is 10.4. The van der Waals surface area contributed by atoms with E-state index in [2.05, 4.69) is 5.73 Å². The Morgan fingerprint density at radius 3 is 2.29 bits per heavy atom. The van der Waals surface area contributed by atoms with Crippen molar-refractivity contribution in [2.75, 3.05) is 6.54 Å². The largest absolute Gasteiger partial charge is 0.479 e. The third-order valence-electron chi connectivity index (χ3n) is 0.490. The summed E-state index contributed by atoms with van der Waals surface area (Å²) >= 11 is 0. The molecule has 41 valence electrons. The molecular formula is C3H6NO3. The average molecular weight is 104 g/mol. The fourth-order valence-corrected chi connectivity index (χ4v) is 0.101. The first-order chi connectivity index (χ1) is 3.18. The van der Waals surface area contributed by atoms with Crippen molar-refractivity contribution in [3.05, 3.63) is 0 Å². The van der Waals surface area contributed by atoms with Crippen LogP contribution in [0.2, 0.25) is 0 Å². The Morgan fingerprint density at radius 1 is 1.86 bits per heavy atom. The Bertz CT molecular complexity index is 72.6. The average Bonchev–Trinajstić information content (AvgIpc) is 1.65. The number of hydrogen-bond acceptors (Lipinski definition) is 2. The zero-order chi connectivity index (χ0) is 5.86. The van der Waals surface area contributed by atoms with Gasteiger partial charge in [-0.2, -0.15) is 0 Å². The van der Waals surface area contributed by atoms with Gasteiger partial charge in [-0.25, -0.2) is 9.90 Å². The molecule has 3 N–H and O–H groups in total. The molecule has 0 saturated carbocycles. The van der Waals surface area contributed by atoms with E-state index in [1.807, 2.05) is 0 Å². The van der Waals surface area contributed by atoms with Gasteiger partial charge in [-0.3, -0.25) is 0 Å². The van der Waals surface area contributed by atoms with Crippen molar-refractivity contribution in [3.63, 3.8) is 0 Å².